The van der Waals surface area contributed by atoms with Crippen LogP contribution in [0.2, 0.25) is 0 Å². The normalized spacial score (nSPS) is 13.2. The highest BCUT2D eigenvalue weighted by Crippen LogP contribution is 2.37. The van der Waals surface area contributed by atoms with Crippen LogP contribution in [0, 0.1) is 0 Å². The summed E-state index contributed by atoms with van der Waals surface area (Å²) in [6, 6.07) is 20.2. The van der Waals surface area contributed by atoms with Crippen molar-refractivity contribution in [3.8, 4) is 11.5 Å². The van der Waals surface area contributed by atoms with E-state index in [2.05, 4.69) is 9.71 Å². The van der Waals surface area contributed by atoms with E-state index in [1.807, 2.05) is 6.07 Å². The number of ketones is 1. The molecule has 7 nitrogen and oxygen atoms in total. The zero-order valence-corrected chi connectivity index (χ0v) is 16.9. The van der Waals surface area contributed by atoms with Crippen LogP contribution >= 0.6 is 0 Å². The molecular formula is C22H19N2O5S+. The number of rotatable bonds is 5. The molecule has 3 aromatic carbocycles. The molecule has 0 saturated carbocycles. The van der Waals surface area contributed by atoms with Gasteiger partial charge in [-0.15, -0.1) is 0 Å². The lowest BCUT2D eigenvalue weighted by Gasteiger charge is -2.09. The van der Waals surface area contributed by atoms with Crippen molar-refractivity contribution in [2.24, 2.45) is 0 Å². The van der Waals surface area contributed by atoms with Crippen molar-refractivity contribution >= 4 is 27.3 Å². The number of carbonyl (C=O) groups is 1. The molecule has 1 aliphatic heterocycles. The third kappa shape index (κ3) is 4.04. The molecule has 0 aliphatic carbocycles. The Kier molecular flexibility index (Phi) is 5.24. The number of hydrogen-bond acceptors (Lipinski definition) is 5. The van der Waals surface area contributed by atoms with E-state index in [-0.39, 0.29) is 23.3 Å². The lowest BCUT2D eigenvalue weighted by molar-refractivity contribution is -0.266. The molecule has 3 aromatic rings. The number of anilines is 1. The molecule has 30 heavy (non-hydrogen) atoms. The number of hydrogen-bond donors (Lipinski definition) is 2. The molecule has 0 saturated heterocycles. The summed E-state index contributed by atoms with van der Waals surface area (Å²) in [6.07, 6.45) is 0. The summed E-state index contributed by atoms with van der Waals surface area (Å²) in [5.74, 6) is 0.952. The summed E-state index contributed by atoms with van der Waals surface area (Å²) in [5, 5.41) is 3.07. The Morgan fingerprint density at radius 2 is 1.53 bits per heavy atom. The molecule has 1 heterocycles. The Hall–Kier alpha value is -3.65. The van der Waals surface area contributed by atoms with Gasteiger partial charge in [0.2, 0.25) is 6.79 Å². The largest absolute Gasteiger partial charge is 0.454 e. The molecule has 0 spiro atoms. The summed E-state index contributed by atoms with van der Waals surface area (Å²) in [4.78, 5) is 12.3. The molecule has 152 valence electrons. The van der Waals surface area contributed by atoms with Crippen LogP contribution in [0.1, 0.15) is 22.8 Å². The fourth-order valence-corrected chi connectivity index (χ4v) is 4.10. The van der Waals surface area contributed by atoms with E-state index in [9.17, 15) is 13.2 Å². The number of ether oxygens (including phenoxy) is 2. The standard InChI is InChI=1S/C22H18N2O5S/c1-15(25)18-12-20-21(29-14-28-20)13-19(18)23-22(16-8-4-2-5-9-16)24-30(26,27)17-10-6-3-7-11-17/h2-13H,14H2,1H3,(H,23,24)/p+1. The Balaban J connectivity index is 1.82. The van der Waals surface area contributed by atoms with Crippen LogP contribution in [0.3, 0.4) is 0 Å². The minimum absolute atomic E-state index is 0.0615. The van der Waals surface area contributed by atoms with Gasteiger partial charge in [-0.1, -0.05) is 36.4 Å². The van der Waals surface area contributed by atoms with Crippen LogP contribution in [0.15, 0.2) is 77.7 Å². The zero-order chi connectivity index (χ0) is 21.1. The van der Waals surface area contributed by atoms with Gasteiger partial charge in [0, 0.05) is 6.07 Å². The second-order valence-corrected chi connectivity index (χ2v) is 8.27. The molecule has 0 fully saturated rings. The monoisotopic (exact) mass is 423 g/mol. The predicted molar refractivity (Wildman–Crippen MR) is 111 cm³/mol. The van der Waals surface area contributed by atoms with Crippen molar-refractivity contribution in [3.63, 3.8) is 0 Å². The second-order valence-electron chi connectivity index (χ2n) is 6.59. The third-order valence-electron chi connectivity index (χ3n) is 4.50. The maximum absolute atomic E-state index is 12.9. The maximum Gasteiger partial charge on any atom is 0.328 e. The fraction of sp³-hybridized carbons (Fsp3) is 0.0909. The van der Waals surface area contributed by atoms with Crippen LogP contribution < -0.4 is 19.2 Å². The minimum Gasteiger partial charge on any atom is -0.454 e. The highest BCUT2D eigenvalue weighted by molar-refractivity contribution is 7.84. The lowest BCUT2D eigenvalue weighted by Crippen LogP contribution is -2.78. The van der Waals surface area contributed by atoms with Crippen LogP contribution in [0.5, 0.6) is 11.5 Å². The Morgan fingerprint density at radius 3 is 2.17 bits per heavy atom. The molecule has 8 heteroatoms. The molecule has 0 aromatic heterocycles. The van der Waals surface area contributed by atoms with E-state index in [1.54, 1.807) is 54.6 Å². The van der Waals surface area contributed by atoms with E-state index >= 15 is 0 Å². The van der Waals surface area contributed by atoms with Gasteiger partial charge in [0.15, 0.2) is 17.3 Å². The second kappa shape index (κ2) is 8.00. The highest BCUT2D eigenvalue weighted by Gasteiger charge is 2.25. The van der Waals surface area contributed by atoms with Gasteiger partial charge in [-0.25, -0.2) is 5.32 Å². The first-order chi connectivity index (χ1) is 14.4. The van der Waals surface area contributed by atoms with Gasteiger partial charge >= 0.3 is 10.0 Å². The molecule has 0 bridgehead atoms. The van der Waals surface area contributed by atoms with Crippen molar-refractivity contribution in [1.82, 2.24) is 0 Å². The van der Waals surface area contributed by atoms with Gasteiger partial charge in [0.1, 0.15) is 10.6 Å². The van der Waals surface area contributed by atoms with Crippen molar-refractivity contribution in [2.45, 2.75) is 11.8 Å². The third-order valence-corrected chi connectivity index (χ3v) is 5.87. The summed E-state index contributed by atoms with van der Waals surface area (Å²) in [7, 11) is -3.86. The minimum atomic E-state index is -3.86. The van der Waals surface area contributed by atoms with E-state index in [0.717, 1.165) is 0 Å². The van der Waals surface area contributed by atoms with Crippen LogP contribution in [-0.2, 0) is 10.0 Å². The number of amidine groups is 1. The van der Waals surface area contributed by atoms with Crippen molar-refractivity contribution in [2.75, 3.05) is 12.1 Å². The van der Waals surface area contributed by atoms with E-state index in [4.69, 9.17) is 9.47 Å². The highest BCUT2D eigenvalue weighted by atomic mass is 32.2. The van der Waals surface area contributed by atoms with Crippen LogP contribution in [0.4, 0.5) is 5.69 Å². The molecule has 0 atom stereocenters. The van der Waals surface area contributed by atoms with E-state index in [0.29, 0.717) is 28.3 Å². The topological polar surface area (TPSA) is 95.7 Å². The Bertz CT molecular complexity index is 1220. The van der Waals surface area contributed by atoms with Gasteiger partial charge in [-0.05, 0) is 37.3 Å². The Labute approximate surface area is 174 Å². The smallest absolute Gasteiger partial charge is 0.328 e. The first kappa shape index (κ1) is 19.7. The molecule has 4 rings (SSSR count). The van der Waals surface area contributed by atoms with Gasteiger partial charge in [-0.2, -0.15) is 12.8 Å². The van der Waals surface area contributed by atoms with Crippen molar-refractivity contribution < 1.29 is 27.1 Å². The number of nitrogens with one attached hydrogen (secondary N) is 2. The summed E-state index contributed by atoms with van der Waals surface area (Å²) >= 11 is 0. The first-order valence-corrected chi connectivity index (χ1v) is 10.6. The average Bonchev–Trinajstić information content (AvgIpc) is 3.21. The molecule has 0 amide bonds. The molecular weight excluding hydrogens is 404 g/mol. The van der Waals surface area contributed by atoms with Gasteiger partial charge in [0.05, 0.1) is 11.1 Å². The number of benzene rings is 3. The lowest BCUT2D eigenvalue weighted by atomic mass is 10.1. The van der Waals surface area contributed by atoms with Crippen molar-refractivity contribution in [3.05, 3.63) is 83.9 Å². The van der Waals surface area contributed by atoms with Crippen LogP contribution in [0.25, 0.3) is 0 Å². The molecule has 2 N–H and O–H groups in total. The number of fused-ring (bicyclic) bond motifs is 1. The number of Topliss-reactive ketones (excluding diaryl/α,β-unsaturated/α-hetero) is 1. The quantitative estimate of drug-likeness (QED) is 0.370. The van der Waals surface area contributed by atoms with E-state index in [1.165, 1.54) is 19.1 Å². The Morgan fingerprint density at radius 1 is 0.933 bits per heavy atom. The van der Waals surface area contributed by atoms with Gasteiger partial charge < -0.3 is 9.47 Å². The van der Waals surface area contributed by atoms with Gasteiger partial charge in [-0.3, -0.25) is 4.79 Å². The average molecular weight is 423 g/mol. The summed E-state index contributed by atoms with van der Waals surface area (Å²) < 4.78 is 39.2. The number of sulfonamides is 1. The van der Waals surface area contributed by atoms with E-state index < -0.39 is 10.0 Å². The first-order valence-electron chi connectivity index (χ1n) is 9.16. The zero-order valence-electron chi connectivity index (χ0n) is 16.1. The van der Waals surface area contributed by atoms with Crippen LogP contribution in [-0.4, -0.2) is 26.8 Å². The fourth-order valence-electron chi connectivity index (χ4n) is 3.03. The SMILES string of the molecule is CC(=O)c1cc2c(cc1NC(=[NH+]S(=O)(=O)c1ccccc1)c1ccccc1)OCO2. The molecule has 0 radical (unpaired) electrons. The van der Waals surface area contributed by atoms with Gasteiger partial charge in [0.25, 0.3) is 5.84 Å². The predicted octanol–water partition coefficient (Wildman–Crippen LogP) is 1.95. The summed E-state index contributed by atoms with van der Waals surface area (Å²) in [5.41, 5.74) is 1.36. The summed E-state index contributed by atoms with van der Waals surface area (Å²) in [6.45, 7) is 1.49. The van der Waals surface area contributed by atoms with Crippen molar-refractivity contribution in [1.29, 1.82) is 0 Å². The molecule has 1 aliphatic rings. The maximum atomic E-state index is 12.9. The molecule has 0 unspecified atom stereocenters. The number of carbonyl (C=O) groups excluding carboxylic acids is 1.